The first-order chi connectivity index (χ1) is 10.7. The molecule has 2 unspecified atom stereocenters. The molecular formula is C18H22O5. The molecule has 0 aromatic heterocycles. The fourth-order valence-corrected chi connectivity index (χ4v) is 2.55. The van der Waals surface area contributed by atoms with Crippen LogP contribution in [0.2, 0.25) is 0 Å². The lowest BCUT2D eigenvalue weighted by Crippen LogP contribution is -2.40. The molecule has 1 aliphatic carbocycles. The first-order valence-corrected chi connectivity index (χ1v) is 7.49. The number of Topliss-reactive ketones (excluding diaryl/α,β-unsaturated/α-hetero) is 1. The smallest absolute Gasteiger partial charge is 0.338 e. The number of ketones is 1. The Hall–Kier alpha value is -2.14. The molecule has 0 spiro atoms. The van der Waals surface area contributed by atoms with Crippen LogP contribution in [0.25, 0.3) is 0 Å². The Bertz CT molecular complexity index is 627. The highest BCUT2D eigenvalue weighted by atomic mass is 16.6. The molecule has 2 rings (SSSR count). The van der Waals surface area contributed by atoms with Crippen molar-refractivity contribution in [1.29, 1.82) is 0 Å². The standard InChI is InChI=1S/C18H22O5/c1-11-9-15(16(20)18(2,3)10-14(11)19)23-17(21)12-5-7-13(22-4)8-6-12/h5-9,15-16,20H,10H2,1-4H3. The molecule has 0 saturated carbocycles. The summed E-state index contributed by atoms with van der Waals surface area (Å²) in [5, 5.41) is 10.5. The SMILES string of the molecule is COc1ccc(C(=O)OC2C=C(C)C(=O)CC(C)(C)C2O)cc1. The van der Waals surface area contributed by atoms with Crippen LogP contribution in [0, 0.1) is 5.41 Å². The molecule has 124 valence electrons. The van der Waals surface area contributed by atoms with Crippen LogP contribution >= 0.6 is 0 Å². The number of esters is 1. The van der Waals surface area contributed by atoms with Crippen LogP contribution in [0.1, 0.15) is 37.6 Å². The molecule has 0 fully saturated rings. The Labute approximate surface area is 135 Å². The van der Waals surface area contributed by atoms with Crippen LogP contribution in [-0.4, -0.2) is 36.2 Å². The van der Waals surface area contributed by atoms with E-state index in [1.54, 1.807) is 52.1 Å². The third-order valence-electron chi connectivity index (χ3n) is 4.15. The zero-order valence-corrected chi connectivity index (χ0v) is 13.8. The third kappa shape index (κ3) is 3.79. The number of rotatable bonds is 3. The van der Waals surface area contributed by atoms with Crippen molar-refractivity contribution >= 4 is 11.8 Å². The van der Waals surface area contributed by atoms with E-state index in [0.717, 1.165) is 0 Å². The van der Waals surface area contributed by atoms with Gasteiger partial charge in [-0.3, -0.25) is 4.79 Å². The number of allylic oxidation sites excluding steroid dienone is 1. The summed E-state index contributed by atoms with van der Waals surface area (Å²) in [5.74, 6) is 0.0430. The zero-order valence-electron chi connectivity index (χ0n) is 13.8. The molecule has 0 saturated heterocycles. The van der Waals surface area contributed by atoms with E-state index in [-0.39, 0.29) is 12.2 Å². The van der Waals surface area contributed by atoms with Gasteiger partial charge in [0, 0.05) is 11.8 Å². The summed E-state index contributed by atoms with van der Waals surface area (Å²) in [5.41, 5.74) is 0.190. The van der Waals surface area contributed by atoms with Crippen molar-refractivity contribution in [1.82, 2.24) is 0 Å². The molecule has 0 heterocycles. The minimum Gasteiger partial charge on any atom is -0.497 e. The first-order valence-electron chi connectivity index (χ1n) is 7.49. The second kappa shape index (κ2) is 6.54. The van der Waals surface area contributed by atoms with Crippen LogP contribution < -0.4 is 4.74 Å². The number of carbonyl (C=O) groups is 2. The van der Waals surface area contributed by atoms with Gasteiger partial charge in [0.25, 0.3) is 0 Å². The minimum absolute atomic E-state index is 0.0444. The van der Waals surface area contributed by atoms with Gasteiger partial charge in [0.05, 0.1) is 12.7 Å². The van der Waals surface area contributed by atoms with Crippen molar-refractivity contribution in [2.45, 2.75) is 39.4 Å². The van der Waals surface area contributed by atoms with Crippen molar-refractivity contribution < 1.29 is 24.2 Å². The lowest BCUT2D eigenvalue weighted by Gasteiger charge is -2.32. The van der Waals surface area contributed by atoms with Crippen molar-refractivity contribution in [3.05, 3.63) is 41.5 Å². The van der Waals surface area contributed by atoms with Gasteiger partial charge in [0.2, 0.25) is 0 Å². The summed E-state index contributed by atoms with van der Waals surface area (Å²) in [6, 6.07) is 6.51. The van der Waals surface area contributed by atoms with Gasteiger partial charge in [-0.05, 0) is 42.8 Å². The van der Waals surface area contributed by atoms with Gasteiger partial charge in [-0.2, -0.15) is 0 Å². The van der Waals surface area contributed by atoms with E-state index < -0.39 is 23.6 Å². The van der Waals surface area contributed by atoms with Crippen LogP contribution in [-0.2, 0) is 9.53 Å². The molecule has 23 heavy (non-hydrogen) atoms. The second-order valence-corrected chi connectivity index (χ2v) is 6.48. The minimum atomic E-state index is -0.953. The van der Waals surface area contributed by atoms with Crippen molar-refractivity contribution in [3.63, 3.8) is 0 Å². The quantitative estimate of drug-likeness (QED) is 0.867. The Morgan fingerprint density at radius 2 is 1.87 bits per heavy atom. The van der Waals surface area contributed by atoms with Crippen LogP contribution in [0.5, 0.6) is 5.75 Å². The van der Waals surface area contributed by atoms with Gasteiger partial charge >= 0.3 is 5.97 Å². The van der Waals surface area contributed by atoms with E-state index in [1.165, 1.54) is 6.08 Å². The molecule has 0 bridgehead atoms. The zero-order chi connectivity index (χ0) is 17.2. The Balaban J connectivity index is 2.21. The Kier molecular flexibility index (Phi) is 4.90. The summed E-state index contributed by atoms with van der Waals surface area (Å²) in [6.45, 7) is 5.25. The number of aliphatic hydroxyl groups is 1. The number of hydrogen-bond acceptors (Lipinski definition) is 5. The fraction of sp³-hybridized carbons (Fsp3) is 0.444. The molecule has 0 radical (unpaired) electrons. The molecule has 5 heteroatoms. The van der Waals surface area contributed by atoms with Crippen LogP contribution in [0.4, 0.5) is 0 Å². The molecule has 0 amide bonds. The topological polar surface area (TPSA) is 72.8 Å². The largest absolute Gasteiger partial charge is 0.497 e. The first kappa shape index (κ1) is 17.2. The van der Waals surface area contributed by atoms with E-state index in [2.05, 4.69) is 0 Å². The maximum atomic E-state index is 12.3. The molecule has 5 nitrogen and oxygen atoms in total. The molecule has 2 atom stereocenters. The van der Waals surface area contributed by atoms with Crippen LogP contribution in [0.3, 0.4) is 0 Å². The number of benzene rings is 1. The summed E-state index contributed by atoms with van der Waals surface area (Å²) >= 11 is 0. The molecular weight excluding hydrogens is 296 g/mol. The maximum Gasteiger partial charge on any atom is 0.338 e. The van der Waals surface area contributed by atoms with Crippen molar-refractivity contribution in [2.75, 3.05) is 7.11 Å². The summed E-state index contributed by atoms with van der Waals surface area (Å²) in [7, 11) is 1.54. The van der Waals surface area contributed by atoms with Gasteiger partial charge in [-0.1, -0.05) is 13.8 Å². The van der Waals surface area contributed by atoms with E-state index in [0.29, 0.717) is 16.9 Å². The van der Waals surface area contributed by atoms with Gasteiger partial charge in [0.1, 0.15) is 18.0 Å². The Morgan fingerprint density at radius 3 is 2.43 bits per heavy atom. The third-order valence-corrected chi connectivity index (χ3v) is 4.15. The number of ether oxygens (including phenoxy) is 2. The highest BCUT2D eigenvalue weighted by Gasteiger charge is 2.40. The van der Waals surface area contributed by atoms with E-state index in [1.807, 2.05) is 0 Å². The predicted octanol–water partition coefficient (Wildman–Crippen LogP) is 2.53. The highest BCUT2D eigenvalue weighted by molar-refractivity contribution is 5.96. The highest BCUT2D eigenvalue weighted by Crippen LogP contribution is 2.34. The molecule has 1 aromatic rings. The lowest BCUT2D eigenvalue weighted by atomic mass is 9.80. The van der Waals surface area contributed by atoms with Gasteiger partial charge in [-0.15, -0.1) is 0 Å². The number of aliphatic hydroxyl groups excluding tert-OH is 1. The molecule has 1 aromatic carbocycles. The van der Waals surface area contributed by atoms with E-state index >= 15 is 0 Å². The van der Waals surface area contributed by atoms with Crippen molar-refractivity contribution in [3.8, 4) is 5.75 Å². The van der Waals surface area contributed by atoms with Gasteiger partial charge in [-0.25, -0.2) is 4.79 Å². The van der Waals surface area contributed by atoms with Gasteiger partial charge in [0.15, 0.2) is 5.78 Å². The summed E-state index contributed by atoms with van der Waals surface area (Å²) in [4.78, 5) is 24.3. The molecule has 0 aliphatic heterocycles. The van der Waals surface area contributed by atoms with E-state index in [9.17, 15) is 14.7 Å². The second-order valence-electron chi connectivity index (χ2n) is 6.48. The fourth-order valence-electron chi connectivity index (χ4n) is 2.55. The van der Waals surface area contributed by atoms with E-state index in [4.69, 9.17) is 9.47 Å². The monoisotopic (exact) mass is 318 g/mol. The average Bonchev–Trinajstić information content (AvgIpc) is 2.58. The van der Waals surface area contributed by atoms with Crippen LogP contribution in [0.15, 0.2) is 35.9 Å². The van der Waals surface area contributed by atoms with Gasteiger partial charge < -0.3 is 14.6 Å². The maximum absolute atomic E-state index is 12.3. The number of hydrogen-bond donors (Lipinski definition) is 1. The number of carbonyl (C=O) groups excluding carboxylic acids is 2. The Morgan fingerprint density at radius 1 is 1.26 bits per heavy atom. The number of methoxy groups -OCH3 is 1. The lowest BCUT2D eigenvalue weighted by molar-refractivity contribution is -0.119. The summed E-state index contributed by atoms with van der Waals surface area (Å²) in [6.07, 6.45) is -0.0619. The van der Waals surface area contributed by atoms with Crippen molar-refractivity contribution in [2.24, 2.45) is 5.41 Å². The molecule has 1 N–H and O–H groups in total. The predicted molar refractivity (Wildman–Crippen MR) is 85.4 cm³/mol. The molecule has 1 aliphatic rings. The normalized spacial score (nSPS) is 23.7. The summed E-state index contributed by atoms with van der Waals surface area (Å²) < 4.78 is 10.5. The average molecular weight is 318 g/mol.